The number of thiocarbonyl (C=S) groups is 1. The van der Waals surface area contributed by atoms with E-state index in [1.54, 1.807) is 6.08 Å². The van der Waals surface area contributed by atoms with Gasteiger partial charge in [0.15, 0.2) is 0 Å². The minimum absolute atomic E-state index is 0.270. The normalized spacial score (nSPS) is 17.2. The van der Waals surface area contributed by atoms with Crippen molar-refractivity contribution in [1.29, 1.82) is 0 Å². The summed E-state index contributed by atoms with van der Waals surface area (Å²) in [5.74, 6) is -1.63. The zero-order chi connectivity index (χ0) is 18.6. The van der Waals surface area contributed by atoms with Crippen molar-refractivity contribution in [3.63, 3.8) is 0 Å². The second-order valence-corrected chi connectivity index (χ2v) is 7.69. The van der Waals surface area contributed by atoms with E-state index in [-0.39, 0.29) is 10.2 Å². The van der Waals surface area contributed by atoms with Gasteiger partial charge < -0.3 is 14.8 Å². The Balaban J connectivity index is 2.23. The fraction of sp³-hybridized carbons (Fsp3) is 0.389. The Morgan fingerprint density at radius 2 is 2.00 bits per heavy atom. The molecule has 1 heterocycles. The van der Waals surface area contributed by atoms with E-state index in [0.717, 1.165) is 29.4 Å². The van der Waals surface area contributed by atoms with E-state index in [9.17, 15) is 14.7 Å². The molecule has 1 amide bonds. The van der Waals surface area contributed by atoms with Crippen LogP contribution in [0.3, 0.4) is 0 Å². The molecular formula is C18H21N2O3S2-. The standard InChI is InChI=1S/C18H22N2O3S2/c1-4-5-6-14(17(22)23)20-16(21)15(25-18(20)24)11-12-7-9-13(10-8-12)19(2)3/h7-11,14H,4-6H2,1-3H3,(H,22,23)/p-1/b15-11-/t14-/m0/s1. The first-order valence-electron chi connectivity index (χ1n) is 8.10. The van der Waals surface area contributed by atoms with Crippen molar-refractivity contribution < 1.29 is 14.7 Å². The molecule has 1 aliphatic heterocycles. The van der Waals surface area contributed by atoms with Crippen molar-refractivity contribution in [2.45, 2.75) is 32.2 Å². The molecule has 1 aromatic carbocycles. The maximum absolute atomic E-state index is 12.7. The van der Waals surface area contributed by atoms with Crippen molar-refractivity contribution in [3.05, 3.63) is 34.7 Å². The molecule has 0 bridgehead atoms. The van der Waals surface area contributed by atoms with Gasteiger partial charge in [-0.15, -0.1) is 0 Å². The fourth-order valence-corrected chi connectivity index (χ4v) is 3.88. The molecule has 0 unspecified atom stereocenters. The van der Waals surface area contributed by atoms with Crippen molar-refractivity contribution >= 4 is 51.9 Å². The van der Waals surface area contributed by atoms with Crippen LogP contribution in [0.1, 0.15) is 31.7 Å². The van der Waals surface area contributed by atoms with Gasteiger partial charge in [-0.1, -0.05) is 55.9 Å². The van der Waals surface area contributed by atoms with Gasteiger partial charge in [0.05, 0.1) is 16.9 Å². The molecule has 1 saturated heterocycles. The van der Waals surface area contributed by atoms with Crippen LogP contribution in [0, 0.1) is 0 Å². The van der Waals surface area contributed by atoms with Crippen LogP contribution in [0.15, 0.2) is 29.2 Å². The summed E-state index contributed by atoms with van der Waals surface area (Å²) in [5, 5.41) is 11.5. The van der Waals surface area contributed by atoms with Gasteiger partial charge in [-0.2, -0.15) is 0 Å². The number of carboxylic acids is 1. The van der Waals surface area contributed by atoms with E-state index in [2.05, 4.69) is 0 Å². The number of rotatable bonds is 7. The lowest BCUT2D eigenvalue weighted by atomic mass is 10.1. The maximum Gasteiger partial charge on any atom is 0.266 e. The minimum Gasteiger partial charge on any atom is -0.548 e. The Kier molecular flexibility index (Phi) is 6.61. The van der Waals surface area contributed by atoms with Gasteiger partial charge in [-0.05, 0) is 30.2 Å². The lowest BCUT2D eigenvalue weighted by Gasteiger charge is -2.27. The van der Waals surface area contributed by atoms with E-state index in [1.165, 1.54) is 4.90 Å². The summed E-state index contributed by atoms with van der Waals surface area (Å²) in [4.78, 5) is 27.7. The number of hydrogen-bond acceptors (Lipinski definition) is 6. The predicted molar refractivity (Wildman–Crippen MR) is 104 cm³/mol. The summed E-state index contributed by atoms with van der Waals surface area (Å²) in [7, 11) is 3.91. The summed E-state index contributed by atoms with van der Waals surface area (Å²) >= 11 is 6.37. The van der Waals surface area contributed by atoms with Crippen LogP contribution in [0.2, 0.25) is 0 Å². The lowest BCUT2D eigenvalue weighted by Crippen LogP contribution is -2.49. The van der Waals surface area contributed by atoms with Gasteiger partial charge in [0, 0.05) is 19.8 Å². The Hall–Kier alpha value is -1.86. The molecule has 1 fully saturated rings. The number of benzene rings is 1. The monoisotopic (exact) mass is 377 g/mol. The zero-order valence-electron chi connectivity index (χ0n) is 14.5. The van der Waals surface area contributed by atoms with Crippen LogP contribution < -0.4 is 10.0 Å². The molecule has 0 spiro atoms. The highest BCUT2D eigenvalue weighted by atomic mass is 32.2. The smallest absolute Gasteiger partial charge is 0.266 e. The molecule has 134 valence electrons. The summed E-state index contributed by atoms with van der Waals surface area (Å²) in [6.07, 6.45) is 3.62. The highest BCUT2D eigenvalue weighted by Crippen LogP contribution is 2.35. The maximum atomic E-state index is 12.7. The highest BCUT2D eigenvalue weighted by Gasteiger charge is 2.37. The molecule has 0 saturated carbocycles. The summed E-state index contributed by atoms with van der Waals surface area (Å²) < 4.78 is 0.270. The number of aliphatic carboxylic acids is 1. The number of thioether (sulfide) groups is 1. The summed E-state index contributed by atoms with van der Waals surface area (Å²) in [6, 6.07) is 6.73. The quantitative estimate of drug-likeness (QED) is 0.536. The van der Waals surface area contributed by atoms with Gasteiger partial charge in [-0.25, -0.2) is 0 Å². The molecule has 7 heteroatoms. The van der Waals surface area contributed by atoms with Crippen LogP contribution in [-0.4, -0.2) is 41.2 Å². The Morgan fingerprint density at radius 3 is 2.52 bits per heavy atom. The van der Waals surface area contributed by atoms with E-state index >= 15 is 0 Å². The first-order valence-corrected chi connectivity index (χ1v) is 9.33. The third-order valence-electron chi connectivity index (χ3n) is 3.95. The molecule has 0 radical (unpaired) electrons. The van der Waals surface area contributed by atoms with Gasteiger partial charge in [0.25, 0.3) is 5.91 Å². The number of carbonyl (C=O) groups is 2. The molecule has 25 heavy (non-hydrogen) atoms. The molecule has 1 aromatic rings. The third-order valence-corrected chi connectivity index (χ3v) is 5.28. The topological polar surface area (TPSA) is 63.7 Å². The third kappa shape index (κ3) is 4.61. The number of unbranched alkanes of at least 4 members (excludes halogenated alkanes) is 1. The van der Waals surface area contributed by atoms with Crippen LogP contribution in [0.4, 0.5) is 5.69 Å². The summed E-state index contributed by atoms with van der Waals surface area (Å²) in [5.41, 5.74) is 1.92. The predicted octanol–water partition coefficient (Wildman–Crippen LogP) is 2.26. The Bertz CT molecular complexity index is 699. The first kappa shape index (κ1) is 19.5. The van der Waals surface area contributed by atoms with E-state index in [4.69, 9.17) is 12.2 Å². The van der Waals surface area contributed by atoms with Crippen molar-refractivity contribution in [3.8, 4) is 0 Å². The van der Waals surface area contributed by atoms with Crippen molar-refractivity contribution in [1.82, 2.24) is 4.90 Å². The molecule has 0 aliphatic carbocycles. The second-order valence-electron chi connectivity index (χ2n) is 6.01. The zero-order valence-corrected chi connectivity index (χ0v) is 16.2. The molecular weight excluding hydrogens is 356 g/mol. The minimum atomic E-state index is -1.26. The number of nitrogens with zero attached hydrogens (tertiary/aromatic N) is 2. The number of hydrogen-bond donors (Lipinski definition) is 0. The van der Waals surface area contributed by atoms with E-state index in [0.29, 0.717) is 17.7 Å². The average molecular weight is 378 g/mol. The van der Waals surface area contributed by atoms with Crippen LogP contribution in [0.5, 0.6) is 0 Å². The van der Waals surface area contributed by atoms with Crippen LogP contribution >= 0.6 is 24.0 Å². The second kappa shape index (κ2) is 8.49. The molecule has 5 nitrogen and oxygen atoms in total. The molecule has 2 rings (SSSR count). The van der Waals surface area contributed by atoms with E-state index < -0.39 is 12.0 Å². The van der Waals surface area contributed by atoms with Gasteiger partial charge in [0.2, 0.25) is 0 Å². The van der Waals surface area contributed by atoms with Crippen molar-refractivity contribution in [2.75, 3.05) is 19.0 Å². The lowest BCUT2D eigenvalue weighted by molar-refractivity contribution is -0.310. The van der Waals surface area contributed by atoms with Crippen LogP contribution in [0.25, 0.3) is 6.08 Å². The van der Waals surface area contributed by atoms with Gasteiger partial charge in [-0.3, -0.25) is 9.69 Å². The van der Waals surface area contributed by atoms with Gasteiger partial charge in [0.1, 0.15) is 4.32 Å². The Morgan fingerprint density at radius 1 is 1.36 bits per heavy atom. The van der Waals surface area contributed by atoms with E-state index in [1.807, 2.05) is 50.2 Å². The fourth-order valence-electron chi connectivity index (χ4n) is 2.52. The summed E-state index contributed by atoms with van der Waals surface area (Å²) in [6.45, 7) is 1.97. The molecule has 1 aliphatic rings. The highest BCUT2D eigenvalue weighted by molar-refractivity contribution is 8.26. The first-order chi connectivity index (χ1) is 11.8. The van der Waals surface area contributed by atoms with Gasteiger partial charge >= 0.3 is 0 Å². The number of carboxylic acid groups (broad SMARTS) is 1. The van der Waals surface area contributed by atoms with Crippen molar-refractivity contribution in [2.24, 2.45) is 0 Å². The average Bonchev–Trinajstić information content (AvgIpc) is 2.83. The number of carbonyl (C=O) groups excluding carboxylic acids is 2. The Labute approximate surface area is 157 Å². The largest absolute Gasteiger partial charge is 0.548 e. The molecule has 0 aromatic heterocycles. The molecule has 0 N–H and O–H groups in total. The van der Waals surface area contributed by atoms with Crippen LogP contribution in [-0.2, 0) is 9.59 Å². The number of anilines is 1. The number of amides is 1. The SMILES string of the molecule is CCCC[C@@H](C(=O)[O-])N1C(=O)/C(=C/c2ccc(N(C)C)cc2)SC1=S. The molecule has 1 atom stereocenters.